The van der Waals surface area contributed by atoms with Crippen LogP contribution < -0.4 is 0 Å². The van der Waals surface area contributed by atoms with E-state index in [0.29, 0.717) is 16.9 Å². The van der Waals surface area contributed by atoms with E-state index in [1.54, 1.807) is 30.6 Å². The molecule has 0 amide bonds. The third-order valence-electron chi connectivity index (χ3n) is 2.35. The molecular formula is C13H7FN4. The molecule has 0 spiro atoms. The predicted octanol–water partition coefficient (Wildman–Crippen LogP) is 1.66. The van der Waals surface area contributed by atoms with Gasteiger partial charge in [0.15, 0.2) is 0 Å². The van der Waals surface area contributed by atoms with E-state index < -0.39 is 0 Å². The molecule has 0 saturated heterocycles. The summed E-state index contributed by atoms with van der Waals surface area (Å²) in [4.78, 5) is 7.99. The molecule has 0 aliphatic carbocycles. The maximum atomic E-state index is 13.4. The summed E-state index contributed by atoms with van der Waals surface area (Å²) in [6.45, 7) is 0. The van der Waals surface area contributed by atoms with Crippen LogP contribution in [-0.4, -0.2) is 19.6 Å². The molecule has 0 fully saturated rings. The first-order valence-electron chi connectivity index (χ1n) is 5.25. The fraction of sp³-hybridized carbons (Fsp3) is 0. The molecule has 2 aromatic heterocycles. The first-order chi connectivity index (χ1) is 8.83. The Balaban J connectivity index is 2.00. The monoisotopic (exact) mass is 238 g/mol. The molecule has 0 aliphatic heterocycles. The molecular weight excluding hydrogens is 231 g/mol. The van der Waals surface area contributed by atoms with Gasteiger partial charge in [-0.2, -0.15) is 10.1 Å². The van der Waals surface area contributed by atoms with Gasteiger partial charge in [0.2, 0.25) is 0 Å². The van der Waals surface area contributed by atoms with Crippen LogP contribution >= 0.6 is 0 Å². The van der Waals surface area contributed by atoms with Gasteiger partial charge in [-0.15, -0.1) is 0 Å². The first-order valence-corrected chi connectivity index (χ1v) is 5.25. The molecule has 5 heteroatoms. The molecule has 0 unspecified atom stereocenters. The van der Waals surface area contributed by atoms with Gasteiger partial charge in [-0.05, 0) is 12.1 Å². The minimum Gasteiger partial charge on any atom is -0.218 e. The highest BCUT2D eigenvalue weighted by Gasteiger charge is 1.97. The highest BCUT2D eigenvalue weighted by Crippen LogP contribution is 2.04. The van der Waals surface area contributed by atoms with Crippen LogP contribution in [0.5, 0.6) is 0 Å². The second-order valence-corrected chi connectivity index (χ2v) is 3.58. The van der Waals surface area contributed by atoms with E-state index in [2.05, 4.69) is 26.9 Å². The van der Waals surface area contributed by atoms with E-state index in [9.17, 15) is 4.39 Å². The van der Waals surface area contributed by atoms with Gasteiger partial charge in [0, 0.05) is 12.4 Å². The van der Waals surface area contributed by atoms with Crippen molar-refractivity contribution in [1.82, 2.24) is 19.6 Å². The van der Waals surface area contributed by atoms with Crippen LogP contribution in [0, 0.1) is 17.7 Å². The molecule has 86 valence electrons. The van der Waals surface area contributed by atoms with Crippen LogP contribution in [0.2, 0.25) is 0 Å². The molecule has 18 heavy (non-hydrogen) atoms. The van der Waals surface area contributed by atoms with Crippen molar-refractivity contribution in [2.75, 3.05) is 0 Å². The van der Waals surface area contributed by atoms with Gasteiger partial charge < -0.3 is 0 Å². The predicted molar refractivity (Wildman–Crippen MR) is 63.2 cm³/mol. The van der Waals surface area contributed by atoms with Crippen LogP contribution in [-0.2, 0) is 0 Å². The molecule has 0 aliphatic rings. The second kappa shape index (κ2) is 4.26. The van der Waals surface area contributed by atoms with Crippen LogP contribution in [0.3, 0.4) is 0 Å². The zero-order valence-corrected chi connectivity index (χ0v) is 9.21. The normalized spacial score (nSPS) is 10.1. The van der Waals surface area contributed by atoms with Gasteiger partial charge in [-0.25, -0.2) is 13.9 Å². The van der Waals surface area contributed by atoms with E-state index in [4.69, 9.17) is 0 Å². The summed E-state index contributed by atoms with van der Waals surface area (Å²) in [5, 5.41) is 3.95. The van der Waals surface area contributed by atoms with E-state index in [0.717, 1.165) is 0 Å². The zero-order chi connectivity index (χ0) is 12.4. The number of nitrogens with zero attached hydrogens (tertiary/aromatic N) is 4. The summed E-state index contributed by atoms with van der Waals surface area (Å²) < 4.78 is 14.9. The first kappa shape index (κ1) is 10.4. The molecule has 0 N–H and O–H groups in total. The third-order valence-corrected chi connectivity index (χ3v) is 2.35. The Kier molecular flexibility index (Phi) is 2.47. The molecule has 4 nitrogen and oxygen atoms in total. The maximum Gasteiger partial charge on any atom is 0.252 e. The van der Waals surface area contributed by atoms with Gasteiger partial charge in [0.25, 0.3) is 5.78 Å². The summed E-state index contributed by atoms with van der Waals surface area (Å²) in [7, 11) is 0. The number of aromatic nitrogens is 4. The van der Waals surface area contributed by atoms with E-state index in [1.807, 2.05) is 0 Å². The van der Waals surface area contributed by atoms with Crippen molar-refractivity contribution in [3.63, 3.8) is 0 Å². The average molecular weight is 238 g/mol. The third kappa shape index (κ3) is 1.92. The number of hydrogen-bond donors (Lipinski definition) is 0. The molecule has 0 bridgehead atoms. The smallest absolute Gasteiger partial charge is 0.218 e. The average Bonchev–Trinajstić information content (AvgIpc) is 2.85. The van der Waals surface area contributed by atoms with Crippen LogP contribution in [0.25, 0.3) is 5.78 Å². The Morgan fingerprint density at radius 1 is 1.11 bits per heavy atom. The summed E-state index contributed by atoms with van der Waals surface area (Å²) in [5.41, 5.74) is 1.01. The molecule has 1 aromatic carbocycles. The zero-order valence-electron chi connectivity index (χ0n) is 9.21. The molecule has 0 saturated carbocycles. The van der Waals surface area contributed by atoms with Crippen LogP contribution in [0.15, 0.2) is 43.0 Å². The summed E-state index contributed by atoms with van der Waals surface area (Å²) in [5.74, 6) is 5.77. The SMILES string of the molecule is Fc1ccccc1C#Cc1cnc2ncnn2c1. The van der Waals surface area contributed by atoms with Gasteiger partial charge in [0.1, 0.15) is 12.1 Å². The second-order valence-electron chi connectivity index (χ2n) is 3.58. The van der Waals surface area contributed by atoms with Crippen molar-refractivity contribution in [2.24, 2.45) is 0 Å². The largest absolute Gasteiger partial charge is 0.252 e. The van der Waals surface area contributed by atoms with Gasteiger partial charge in [-0.3, -0.25) is 0 Å². The molecule has 3 rings (SSSR count). The topological polar surface area (TPSA) is 43.1 Å². The van der Waals surface area contributed by atoms with Crippen molar-refractivity contribution in [1.29, 1.82) is 0 Å². The number of benzene rings is 1. The minimum absolute atomic E-state index is 0.334. The molecule has 0 radical (unpaired) electrons. The molecule has 0 atom stereocenters. The highest BCUT2D eigenvalue weighted by molar-refractivity contribution is 5.42. The Morgan fingerprint density at radius 2 is 2.00 bits per heavy atom. The van der Waals surface area contributed by atoms with Crippen molar-refractivity contribution in [3.05, 3.63) is 59.9 Å². The lowest BCUT2D eigenvalue weighted by atomic mass is 10.2. The minimum atomic E-state index is -0.334. The van der Waals surface area contributed by atoms with Crippen molar-refractivity contribution in [2.45, 2.75) is 0 Å². The standard InChI is InChI=1S/C13H7FN4/c14-12-4-2-1-3-11(12)6-5-10-7-15-13-16-9-17-18(13)8-10/h1-4,7-9H. The number of halogens is 1. The summed E-state index contributed by atoms with van der Waals surface area (Å²) in [6.07, 6.45) is 4.69. The summed E-state index contributed by atoms with van der Waals surface area (Å²) >= 11 is 0. The Morgan fingerprint density at radius 3 is 2.89 bits per heavy atom. The maximum absolute atomic E-state index is 13.4. The molecule has 3 aromatic rings. The van der Waals surface area contributed by atoms with Gasteiger partial charge in [0.05, 0.1) is 11.1 Å². The van der Waals surface area contributed by atoms with Crippen molar-refractivity contribution < 1.29 is 4.39 Å². The number of rotatable bonds is 0. The van der Waals surface area contributed by atoms with Crippen LogP contribution in [0.1, 0.15) is 11.1 Å². The fourth-order valence-electron chi connectivity index (χ4n) is 1.49. The van der Waals surface area contributed by atoms with Gasteiger partial charge in [-0.1, -0.05) is 24.0 Å². The van der Waals surface area contributed by atoms with Crippen molar-refractivity contribution in [3.8, 4) is 11.8 Å². The lowest BCUT2D eigenvalue weighted by Gasteiger charge is -1.93. The van der Waals surface area contributed by atoms with Crippen molar-refractivity contribution >= 4 is 5.78 Å². The van der Waals surface area contributed by atoms with E-state index in [-0.39, 0.29) is 5.82 Å². The van der Waals surface area contributed by atoms with E-state index >= 15 is 0 Å². The quantitative estimate of drug-likeness (QED) is 0.559. The highest BCUT2D eigenvalue weighted by atomic mass is 19.1. The van der Waals surface area contributed by atoms with E-state index in [1.165, 1.54) is 16.9 Å². The number of fused-ring (bicyclic) bond motifs is 1. The lowest BCUT2D eigenvalue weighted by molar-refractivity contribution is 0.624. The van der Waals surface area contributed by atoms with Gasteiger partial charge >= 0.3 is 0 Å². The Labute approximate surface area is 102 Å². The Hall–Kier alpha value is -2.74. The van der Waals surface area contributed by atoms with Crippen LogP contribution in [0.4, 0.5) is 4.39 Å². The Bertz CT molecular complexity index is 767. The molecule has 2 heterocycles. The lowest BCUT2D eigenvalue weighted by Crippen LogP contribution is -1.92. The number of hydrogen-bond acceptors (Lipinski definition) is 3. The summed E-state index contributed by atoms with van der Waals surface area (Å²) in [6, 6.07) is 6.38. The fourth-order valence-corrected chi connectivity index (χ4v) is 1.49.